The number of carbonyl (C=O) groups is 2. The average Bonchev–Trinajstić information content (AvgIpc) is 2.92. The van der Waals surface area contributed by atoms with Gasteiger partial charge in [-0.25, -0.2) is 9.36 Å². The number of carboxylic acid groups (broad SMARTS) is 1. The molecule has 0 aliphatic carbocycles. The number of aliphatic carboxylic acids is 1. The van der Waals surface area contributed by atoms with E-state index in [4.69, 9.17) is 25.8 Å². The predicted octanol–water partition coefficient (Wildman–Crippen LogP) is -2.49. The Morgan fingerprint density at radius 2 is 2.21 bits per heavy atom. The van der Waals surface area contributed by atoms with Crippen molar-refractivity contribution in [2.75, 3.05) is 12.3 Å². The first-order valence-electron chi connectivity index (χ1n) is 7.93. The third-order valence-electron chi connectivity index (χ3n) is 3.76. The van der Waals surface area contributed by atoms with Crippen LogP contribution in [0.3, 0.4) is 0 Å². The number of carbonyl (C=O) groups excluding carboxylic acids is 1. The molecule has 1 aromatic rings. The number of amides is 1. The van der Waals surface area contributed by atoms with E-state index in [-0.39, 0.29) is 12.2 Å². The first-order chi connectivity index (χ1) is 13.0. The van der Waals surface area contributed by atoms with Crippen LogP contribution in [0.1, 0.15) is 19.1 Å². The van der Waals surface area contributed by atoms with E-state index in [0.717, 1.165) is 4.57 Å². The van der Waals surface area contributed by atoms with Crippen LogP contribution < -0.4 is 22.2 Å². The summed E-state index contributed by atoms with van der Waals surface area (Å²) in [7, 11) is -4.69. The number of aromatic nitrogens is 2. The molecule has 14 nitrogen and oxygen atoms in total. The molecular formula is C13H20N5O9P. The molecule has 1 unspecified atom stereocenters. The lowest BCUT2D eigenvalue weighted by Gasteiger charge is -2.19. The fourth-order valence-corrected chi connectivity index (χ4v) is 3.25. The van der Waals surface area contributed by atoms with Crippen LogP contribution in [0.25, 0.3) is 0 Å². The number of aliphatic hydroxyl groups is 1. The van der Waals surface area contributed by atoms with Gasteiger partial charge in [-0.3, -0.25) is 23.8 Å². The molecule has 1 amide bonds. The molecule has 0 bridgehead atoms. The monoisotopic (exact) mass is 421 g/mol. The predicted molar refractivity (Wildman–Crippen MR) is 91.6 cm³/mol. The second-order valence-corrected chi connectivity index (χ2v) is 7.49. The van der Waals surface area contributed by atoms with Crippen molar-refractivity contribution in [3.8, 4) is 0 Å². The molecule has 28 heavy (non-hydrogen) atoms. The largest absolute Gasteiger partial charge is 0.481 e. The summed E-state index contributed by atoms with van der Waals surface area (Å²) in [5.41, 5.74) is 9.97. The van der Waals surface area contributed by atoms with Crippen LogP contribution in [0.5, 0.6) is 0 Å². The van der Waals surface area contributed by atoms with Gasteiger partial charge in [0.2, 0.25) is 5.91 Å². The number of anilines is 1. The Kier molecular flexibility index (Phi) is 6.87. The van der Waals surface area contributed by atoms with Crippen LogP contribution in [0.15, 0.2) is 17.1 Å². The minimum atomic E-state index is -4.69. The summed E-state index contributed by atoms with van der Waals surface area (Å²) >= 11 is 0. The number of nitrogens with two attached hydrogens (primary N) is 2. The first-order valence-corrected chi connectivity index (χ1v) is 9.51. The summed E-state index contributed by atoms with van der Waals surface area (Å²) < 4.78 is 23.1. The van der Waals surface area contributed by atoms with Crippen molar-refractivity contribution < 1.29 is 38.5 Å². The topological polar surface area (TPSA) is 229 Å². The molecule has 0 radical (unpaired) electrons. The van der Waals surface area contributed by atoms with Crippen LogP contribution in [0.2, 0.25) is 0 Å². The van der Waals surface area contributed by atoms with Crippen LogP contribution in [-0.4, -0.2) is 61.4 Å². The van der Waals surface area contributed by atoms with Crippen LogP contribution in [0, 0.1) is 0 Å². The number of nitrogen functional groups attached to an aromatic ring is 1. The second kappa shape index (κ2) is 8.77. The lowest BCUT2D eigenvalue weighted by molar-refractivity contribution is -0.139. The highest BCUT2D eigenvalue weighted by molar-refractivity contribution is 7.51. The van der Waals surface area contributed by atoms with E-state index < -0.39 is 62.8 Å². The van der Waals surface area contributed by atoms with E-state index >= 15 is 0 Å². The molecule has 1 aromatic heterocycles. The molecular weight excluding hydrogens is 401 g/mol. The maximum atomic E-state index is 11.9. The zero-order valence-corrected chi connectivity index (χ0v) is 15.3. The molecule has 0 saturated carbocycles. The van der Waals surface area contributed by atoms with E-state index in [1.54, 1.807) is 5.09 Å². The Labute approximate surface area is 157 Å². The van der Waals surface area contributed by atoms with Crippen LogP contribution in [-0.2, 0) is 23.4 Å². The van der Waals surface area contributed by atoms with Crippen molar-refractivity contribution in [1.82, 2.24) is 14.6 Å². The smallest absolute Gasteiger partial charge is 0.432 e. The van der Waals surface area contributed by atoms with Gasteiger partial charge in [-0.2, -0.15) is 4.98 Å². The van der Waals surface area contributed by atoms with Gasteiger partial charge in [0.25, 0.3) is 0 Å². The third kappa shape index (κ3) is 5.82. The molecule has 0 aromatic carbocycles. The molecule has 15 heteroatoms. The molecule has 1 fully saturated rings. The number of nitrogens with one attached hydrogen (secondary N) is 1. The zero-order valence-electron chi connectivity index (χ0n) is 14.4. The standard InChI is InChI=1S/C13H20N5O9P/c14-6(3-11(20)21)12(22)17-28(24,25)26-5-8-7(19)4-10(27-8)18-2-1-9(15)16-13(18)23/h1-2,6-8,10,19H,3-5,14H2,(H,20,21)(H2,15,16,23)(H2,17,22,24,25)/t6-,7-,8+,10+/m0/s1. The van der Waals surface area contributed by atoms with Gasteiger partial charge in [0.05, 0.1) is 25.2 Å². The number of rotatable bonds is 8. The first kappa shape index (κ1) is 21.9. The molecule has 2 heterocycles. The summed E-state index contributed by atoms with van der Waals surface area (Å²) in [5, 5.41) is 20.2. The van der Waals surface area contributed by atoms with Gasteiger partial charge >= 0.3 is 19.4 Å². The van der Waals surface area contributed by atoms with Crippen molar-refractivity contribution >= 4 is 25.4 Å². The number of hydrogen-bond acceptors (Lipinski definition) is 10. The molecule has 8 N–H and O–H groups in total. The second-order valence-electron chi connectivity index (χ2n) is 5.97. The Bertz CT molecular complexity index is 846. The quantitative estimate of drug-likeness (QED) is 0.239. The van der Waals surface area contributed by atoms with E-state index in [1.165, 1.54) is 12.3 Å². The van der Waals surface area contributed by atoms with E-state index in [1.807, 2.05) is 0 Å². The van der Waals surface area contributed by atoms with Gasteiger partial charge in [0.15, 0.2) is 0 Å². The van der Waals surface area contributed by atoms with Gasteiger partial charge in [0, 0.05) is 12.6 Å². The van der Waals surface area contributed by atoms with Crippen molar-refractivity contribution in [2.45, 2.75) is 37.3 Å². The van der Waals surface area contributed by atoms with Crippen molar-refractivity contribution in [1.29, 1.82) is 0 Å². The number of hydrogen-bond donors (Lipinski definition) is 6. The maximum Gasteiger partial charge on any atom is 0.432 e. The fourth-order valence-electron chi connectivity index (χ4n) is 2.39. The molecule has 1 aliphatic heterocycles. The minimum absolute atomic E-state index is 0.0118. The molecule has 1 saturated heterocycles. The average molecular weight is 421 g/mol. The SMILES string of the molecule is Nc1ccn([C@H]2C[C@H](O)[C@@H](COP(=O)(O)NC(=O)[C@@H](N)CC(=O)O)O2)c(=O)n1. The fraction of sp³-hybridized carbons (Fsp3) is 0.538. The lowest BCUT2D eigenvalue weighted by atomic mass is 10.2. The van der Waals surface area contributed by atoms with Gasteiger partial charge in [-0.05, 0) is 6.07 Å². The highest BCUT2D eigenvalue weighted by atomic mass is 31.2. The Morgan fingerprint density at radius 1 is 1.54 bits per heavy atom. The highest BCUT2D eigenvalue weighted by Gasteiger charge is 2.38. The molecule has 1 aliphatic rings. The molecule has 0 spiro atoms. The highest BCUT2D eigenvalue weighted by Crippen LogP contribution is 2.38. The summed E-state index contributed by atoms with van der Waals surface area (Å²) in [6.45, 7) is -0.600. The van der Waals surface area contributed by atoms with E-state index in [9.17, 15) is 28.9 Å². The number of ether oxygens (including phenoxy) is 1. The Balaban J connectivity index is 1.92. The number of carboxylic acids is 1. The van der Waals surface area contributed by atoms with Gasteiger partial charge in [-0.1, -0.05) is 0 Å². The normalized spacial score (nSPS) is 25.0. The van der Waals surface area contributed by atoms with Crippen molar-refractivity contribution in [2.24, 2.45) is 5.73 Å². The van der Waals surface area contributed by atoms with E-state index in [2.05, 4.69) is 4.98 Å². The van der Waals surface area contributed by atoms with Crippen LogP contribution in [0.4, 0.5) is 5.82 Å². The summed E-state index contributed by atoms with van der Waals surface area (Å²) in [6.07, 6.45) is -2.57. The van der Waals surface area contributed by atoms with Gasteiger partial charge in [0.1, 0.15) is 18.1 Å². The maximum absolute atomic E-state index is 11.9. The van der Waals surface area contributed by atoms with E-state index in [0.29, 0.717) is 0 Å². The number of aliphatic hydroxyl groups excluding tert-OH is 1. The molecule has 2 rings (SSSR count). The Morgan fingerprint density at radius 3 is 2.82 bits per heavy atom. The molecule has 156 valence electrons. The minimum Gasteiger partial charge on any atom is -0.481 e. The zero-order chi connectivity index (χ0) is 21.1. The Hall–Kier alpha value is -2.35. The summed E-state index contributed by atoms with van der Waals surface area (Å²) in [6, 6.07) is -0.192. The van der Waals surface area contributed by atoms with Gasteiger partial charge < -0.3 is 31.3 Å². The summed E-state index contributed by atoms with van der Waals surface area (Å²) in [5.74, 6) is -2.55. The van der Waals surface area contributed by atoms with Gasteiger partial charge in [-0.15, -0.1) is 0 Å². The number of nitrogens with zero attached hydrogens (tertiary/aromatic N) is 2. The van der Waals surface area contributed by atoms with Crippen molar-refractivity contribution in [3.63, 3.8) is 0 Å². The molecule has 5 atom stereocenters. The van der Waals surface area contributed by atoms with Crippen LogP contribution >= 0.6 is 7.75 Å². The lowest BCUT2D eigenvalue weighted by Crippen LogP contribution is -2.41. The van der Waals surface area contributed by atoms with Crippen molar-refractivity contribution in [3.05, 3.63) is 22.7 Å². The third-order valence-corrected chi connectivity index (χ3v) is 4.76. The summed E-state index contributed by atoms with van der Waals surface area (Å²) in [4.78, 5) is 47.1.